The Labute approximate surface area is 144 Å². The average Bonchev–Trinajstić information content (AvgIpc) is 2.91. The number of ether oxygens (including phenoxy) is 1. The van der Waals surface area contributed by atoms with Crippen LogP contribution in [0.5, 0.6) is 0 Å². The second-order valence-corrected chi connectivity index (χ2v) is 8.07. The molecule has 0 amide bonds. The normalized spacial score (nSPS) is 13.2. The molecule has 0 fully saturated rings. The van der Waals surface area contributed by atoms with Gasteiger partial charge >= 0.3 is 5.97 Å². The number of methoxy groups -OCH3 is 1. The Balaban J connectivity index is 2.49. The van der Waals surface area contributed by atoms with Gasteiger partial charge in [0.2, 0.25) is 0 Å². The van der Waals surface area contributed by atoms with Gasteiger partial charge in [-0.15, -0.1) is 0 Å². The number of carbonyl (C=O) groups excluding carboxylic acids is 1. The molecule has 6 nitrogen and oxygen atoms in total. The molecule has 0 bridgehead atoms. The lowest BCUT2D eigenvalue weighted by Crippen LogP contribution is -2.25. The van der Waals surface area contributed by atoms with Crippen LogP contribution in [0.15, 0.2) is 33.2 Å². The number of nitrogens with zero attached hydrogens (tertiary/aromatic N) is 2. The van der Waals surface area contributed by atoms with Crippen molar-refractivity contribution in [2.24, 2.45) is 4.40 Å². The van der Waals surface area contributed by atoms with Gasteiger partial charge in [0.1, 0.15) is 22.3 Å². The molecule has 0 aliphatic heterocycles. The van der Waals surface area contributed by atoms with E-state index in [-0.39, 0.29) is 0 Å². The Morgan fingerprint density at radius 2 is 2.04 bits per heavy atom. The van der Waals surface area contributed by atoms with Crippen molar-refractivity contribution in [3.05, 3.63) is 41.3 Å². The second-order valence-electron chi connectivity index (χ2n) is 6.14. The number of rotatable bonds is 4. The first-order valence-electron chi connectivity index (χ1n) is 7.35. The summed E-state index contributed by atoms with van der Waals surface area (Å²) in [6, 6.07) is 7.01. The van der Waals surface area contributed by atoms with Crippen molar-refractivity contribution in [1.82, 2.24) is 5.16 Å². The van der Waals surface area contributed by atoms with E-state index in [2.05, 4.69) is 9.55 Å². The molecule has 1 atom stereocenters. The highest BCUT2D eigenvalue weighted by Crippen LogP contribution is 2.30. The van der Waals surface area contributed by atoms with Gasteiger partial charge in [0.05, 0.1) is 23.9 Å². The van der Waals surface area contributed by atoms with Crippen LogP contribution in [0, 0.1) is 6.92 Å². The van der Waals surface area contributed by atoms with Crippen LogP contribution in [-0.4, -0.2) is 33.8 Å². The summed E-state index contributed by atoms with van der Waals surface area (Å²) in [6.45, 7) is 7.27. The van der Waals surface area contributed by atoms with E-state index in [1.807, 2.05) is 26.8 Å². The quantitative estimate of drug-likeness (QED) is 0.480. The van der Waals surface area contributed by atoms with E-state index in [1.165, 1.54) is 13.3 Å². The monoisotopic (exact) mass is 348 g/mol. The topological polar surface area (TPSA) is 87.8 Å². The predicted molar refractivity (Wildman–Crippen MR) is 93.5 cm³/mol. The molecule has 0 saturated heterocycles. The minimum Gasteiger partial charge on any atom is -0.591 e. The summed E-state index contributed by atoms with van der Waals surface area (Å²) in [7, 11) is 1.33. The fraction of sp³-hybridized carbons (Fsp3) is 0.353. The average molecular weight is 348 g/mol. The summed E-state index contributed by atoms with van der Waals surface area (Å²) in [5.41, 5.74) is 2.27. The molecule has 0 spiro atoms. The van der Waals surface area contributed by atoms with Crippen LogP contribution in [-0.2, 0) is 16.1 Å². The molecule has 7 heteroatoms. The maximum atomic E-state index is 12.1. The van der Waals surface area contributed by atoms with Gasteiger partial charge in [-0.2, -0.15) is 0 Å². The van der Waals surface area contributed by atoms with E-state index in [0.717, 1.165) is 0 Å². The van der Waals surface area contributed by atoms with Crippen LogP contribution in [0.1, 0.15) is 42.6 Å². The van der Waals surface area contributed by atoms with Crippen molar-refractivity contribution < 1.29 is 18.6 Å². The summed E-state index contributed by atoms with van der Waals surface area (Å²) in [5, 5.41) is 3.94. The van der Waals surface area contributed by atoms with Crippen molar-refractivity contribution in [2.75, 3.05) is 7.11 Å². The van der Waals surface area contributed by atoms with Crippen molar-refractivity contribution in [3.8, 4) is 11.1 Å². The van der Waals surface area contributed by atoms with Gasteiger partial charge in [-0.3, -0.25) is 0 Å². The zero-order chi connectivity index (χ0) is 17.9. The number of hydrogen-bond acceptors (Lipinski definition) is 6. The molecule has 0 N–H and O–H groups in total. The zero-order valence-electron chi connectivity index (χ0n) is 14.3. The molecular formula is C17H20N2O4S. The lowest BCUT2D eigenvalue weighted by Gasteiger charge is -2.17. The van der Waals surface area contributed by atoms with Crippen molar-refractivity contribution in [3.63, 3.8) is 0 Å². The first-order chi connectivity index (χ1) is 11.3. The largest absolute Gasteiger partial charge is 0.591 e. The lowest BCUT2D eigenvalue weighted by atomic mass is 9.98. The maximum Gasteiger partial charge on any atom is 0.338 e. The standard InChI is InChI=1S/C17H20N2O4S/c1-11-15(12-8-6-7-9-13(12)16(20)22-5)14(23-19-11)10-18-24(21)17(2,3)4/h6-10H,1-5H3. The number of esters is 1. The molecule has 0 radical (unpaired) electrons. The summed E-state index contributed by atoms with van der Waals surface area (Å²) < 4.78 is 25.8. The number of aromatic nitrogens is 1. The Hall–Kier alpha value is -2.12. The third kappa shape index (κ3) is 3.85. The van der Waals surface area contributed by atoms with Gasteiger partial charge in [-0.05, 0) is 33.8 Å². The van der Waals surface area contributed by atoms with E-state index in [1.54, 1.807) is 25.1 Å². The predicted octanol–water partition coefficient (Wildman–Crippen LogP) is 3.32. The number of aryl methyl sites for hydroxylation is 1. The number of carbonyl (C=O) groups is 1. The molecule has 0 aliphatic rings. The fourth-order valence-corrected chi connectivity index (χ4v) is 2.55. The summed E-state index contributed by atoms with van der Waals surface area (Å²) >= 11 is -1.42. The van der Waals surface area contributed by atoms with E-state index in [0.29, 0.717) is 28.1 Å². The Bertz CT molecular complexity index is 762. The van der Waals surface area contributed by atoms with Gasteiger partial charge in [-0.25, -0.2) is 4.79 Å². The highest BCUT2D eigenvalue weighted by Gasteiger charge is 2.27. The van der Waals surface area contributed by atoms with Gasteiger partial charge in [-0.1, -0.05) is 27.8 Å². The molecule has 0 saturated carbocycles. The molecule has 0 aliphatic carbocycles. The lowest BCUT2D eigenvalue weighted by molar-refractivity contribution is 0.0601. The number of benzene rings is 1. The van der Waals surface area contributed by atoms with Crippen LogP contribution in [0.2, 0.25) is 0 Å². The smallest absolute Gasteiger partial charge is 0.338 e. The molecule has 2 aromatic rings. The van der Waals surface area contributed by atoms with Crippen molar-refractivity contribution in [1.29, 1.82) is 0 Å². The molecule has 1 heterocycles. The highest BCUT2D eigenvalue weighted by atomic mass is 32.2. The fourth-order valence-electron chi connectivity index (χ4n) is 2.05. The molecule has 1 aromatic carbocycles. The number of hydrogen-bond donors (Lipinski definition) is 0. The molecule has 24 heavy (non-hydrogen) atoms. The van der Waals surface area contributed by atoms with Gasteiger partial charge < -0.3 is 13.8 Å². The maximum absolute atomic E-state index is 12.1. The zero-order valence-corrected chi connectivity index (χ0v) is 15.1. The first-order valence-corrected chi connectivity index (χ1v) is 8.46. The van der Waals surface area contributed by atoms with Gasteiger partial charge in [0, 0.05) is 5.56 Å². The van der Waals surface area contributed by atoms with Crippen LogP contribution < -0.4 is 0 Å². The molecule has 128 valence electrons. The van der Waals surface area contributed by atoms with E-state index >= 15 is 0 Å². The third-order valence-electron chi connectivity index (χ3n) is 3.28. The van der Waals surface area contributed by atoms with Crippen LogP contribution in [0.25, 0.3) is 11.1 Å². The molecule has 1 aromatic heterocycles. The summed E-state index contributed by atoms with van der Waals surface area (Å²) in [6.07, 6.45) is 1.39. The van der Waals surface area contributed by atoms with Crippen molar-refractivity contribution in [2.45, 2.75) is 32.4 Å². The molecular weight excluding hydrogens is 328 g/mol. The third-order valence-corrected chi connectivity index (χ3v) is 4.63. The Morgan fingerprint density at radius 1 is 1.38 bits per heavy atom. The summed E-state index contributed by atoms with van der Waals surface area (Å²) in [5.74, 6) is -0.103. The van der Waals surface area contributed by atoms with Gasteiger partial charge in [0.25, 0.3) is 0 Å². The summed E-state index contributed by atoms with van der Waals surface area (Å²) in [4.78, 5) is 12.0. The minimum atomic E-state index is -1.42. The Kier molecular flexibility index (Phi) is 5.46. The highest BCUT2D eigenvalue weighted by molar-refractivity contribution is 7.91. The molecule has 1 unspecified atom stereocenters. The van der Waals surface area contributed by atoms with Crippen LogP contribution >= 0.6 is 0 Å². The van der Waals surface area contributed by atoms with E-state index in [9.17, 15) is 9.35 Å². The van der Waals surface area contributed by atoms with Crippen LogP contribution in [0.4, 0.5) is 0 Å². The van der Waals surface area contributed by atoms with E-state index in [4.69, 9.17) is 9.26 Å². The minimum absolute atomic E-state index is 0.349. The van der Waals surface area contributed by atoms with Crippen molar-refractivity contribution >= 4 is 23.5 Å². The van der Waals surface area contributed by atoms with E-state index < -0.39 is 22.1 Å². The van der Waals surface area contributed by atoms with Crippen LogP contribution in [0.3, 0.4) is 0 Å². The van der Waals surface area contributed by atoms with Gasteiger partial charge in [0.15, 0.2) is 5.76 Å². The first kappa shape index (κ1) is 18.2. The second kappa shape index (κ2) is 7.19. The molecule has 2 rings (SSSR count). The SMILES string of the molecule is COC(=O)c1ccccc1-c1c(C)noc1C=N[S+]([O-])C(C)(C)C. The Morgan fingerprint density at radius 3 is 2.67 bits per heavy atom.